The number of aromatic nitrogens is 3. The molecule has 2 unspecified atom stereocenters. The lowest BCUT2D eigenvalue weighted by atomic mass is 9.94. The summed E-state index contributed by atoms with van der Waals surface area (Å²) in [5.74, 6) is 1.05. The van der Waals surface area contributed by atoms with Gasteiger partial charge in [0.15, 0.2) is 0 Å². The van der Waals surface area contributed by atoms with E-state index in [0.29, 0.717) is 37.1 Å². The summed E-state index contributed by atoms with van der Waals surface area (Å²) < 4.78 is 12.6. The smallest absolute Gasteiger partial charge is 0.323 e. The molecule has 0 saturated carbocycles. The molecule has 2 atom stereocenters. The summed E-state index contributed by atoms with van der Waals surface area (Å²) in [6.45, 7) is 10.5. The van der Waals surface area contributed by atoms with E-state index in [2.05, 4.69) is 42.6 Å². The summed E-state index contributed by atoms with van der Waals surface area (Å²) in [7, 11) is 0. The predicted octanol–water partition coefficient (Wildman–Crippen LogP) is 18.2. The van der Waals surface area contributed by atoms with Crippen molar-refractivity contribution in [3.8, 4) is 12.0 Å². The van der Waals surface area contributed by atoms with Crippen molar-refractivity contribution in [2.75, 3.05) is 13.2 Å². The van der Waals surface area contributed by atoms with Crippen LogP contribution in [0.25, 0.3) is 0 Å². The molecule has 1 aromatic heterocycles. The largest absolute Gasteiger partial charge is 0.463 e. The first-order valence-corrected chi connectivity index (χ1v) is 26.2. The number of nitrogens with zero attached hydrogens (tertiary/aromatic N) is 3. The van der Waals surface area contributed by atoms with Crippen LogP contribution in [0.1, 0.15) is 285 Å². The minimum absolute atomic E-state index is 0.165. The molecular formula is C51H98ClN3O2. The molecule has 336 valence electrons. The predicted molar refractivity (Wildman–Crippen MR) is 250 cm³/mol. The van der Waals surface area contributed by atoms with Crippen molar-refractivity contribution in [1.29, 1.82) is 0 Å². The number of rotatable bonds is 46. The normalized spacial score (nSPS) is 12.6. The second kappa shape index (κ2) is 43.0. The first-order chi connectivity index (χ1) is 28.1. The Hall–Kier alpha value is -1.10. The van der Waals surface area contributed by atoms with Gasteiger partial charge < -0.3 is 9.47 Å². The minimum Gasteiger partial charge on any atom is -0.463 e. The first kappa shape index (κ1) is 53.9. The Morgan fingerprint density at radius 2 is 0.526 bits per heavy atom. The molecular weight excluding hydrogens is 722 g/mol. The third-order valence-electron chi connectivity index (χ3n) is 12.3. The summed E-state index contributed by atoms with van der Waals surface area (Å²) >= 11 is 6.44. The summed E-state index contributed by atoms with van der Waals surface area (Å²) in [4.78, 5) is 13.4. The van der Waals surface area contributed by atoms with E-state index in [4.69, 9.17) is 21.1 Å². The van der Waals surface area contributed by atoms with Gasteiger partial charge in [-0.25, -0.2) is 0 Å². The molecule has 0 aliphatic heterocycles. The van der Waals surface area contributed by atoms with E-state index in [1.165, 1.54) is 257 Å². The van der Waals surface area contributed by atoms with Crippen LogP contribution in [0.5, 0.6) is 12.0 Å². The Morgan fingerprint density at radius 1 is 0.316 bits per heavy atom. The SMILES string of the molecule is CCCCCCCCCCCCC(CCCCCCCCCC)COc1nc(Cl)nc(OCC(CCCCCCCCCC)CCCCCCCCCCCC)n1. The van der Waals surface area contributed by atoms with Crippen molar-refractivity contribution in [2.45, 2.75) is 285 Å². The number of unbranched alkanes of at least 4 members (excludes halogenated alkanes) is 32. The Kier molecular flexibility index (Phi) is 40.7. The summed E-state index contributed by atoms with van der Waals surface area (Å²) in [6, 6.07) is 0.645. The van der Waals surface area contributed by atoms with Crippen LogP contribution >= 0.6 is 11.6 Å². The van der Waals surface area contributed by atoms with E-state index >= 15 is 0 Å². The Morgan fingerprint density at radius 3 is 0.754 bits per heavy atom. The average Bonchev–Trinajstić information content (AvgIpc) is 3.21. The standard InChI is InChI=1S/C51H98ClN3O2/c1-5-9-13-17-21-25-27-31-35-39-43-47(41-37-33-29-23-19-15-11-7-3)45-56-50-53-49(52)54-51(55-50)57-46-48(42-38-34-30-24-20-16-12-8-4)44-40-36-32-28-26-22-18-14-10-6-2/h47-48H,5-46H2,1-4H3. The molecule has 0 amide bonds. The maximum absolute atomic E-state index is 6.44. The van der Waals surface area contributed by atoms with Gasteiger partial charge >= 0.3 is 12.0 Å². The average molecular weight is 821 g/mol. The highest BCUT2D eigenvalue weighted by Gasteiger charge is 2.16. The topological polar surface area (TPSA) is 57.1 Å². The van der Waals surface area contributed by atoms with Crippen molar-refractivity contribution in [2.24, 2.45) is 11.8 Å². The van der Waals surface area contributed by atoms with E-state index in [9.17, 15) is 0 Å². The van der Waals surface area contributed by atoms with E-state index in [1.54, 1.807) is 0 Å². The van der Waals surface area contributed by atoms with Gasteiger partial charge in [0.25, 0.3) is 0 Å². The van der Waals surface area contributed by atoms with E-state index < -0.39 is 0 Å². The highest BCUT2D eigenvalue weighted by molar-refractivity contribution is 6.28. The van der Waals surface area contributed by atoms with Gasteiger partial charge in [-0.05, 0) is 49.1 Å². The lowest BCUT2D eigenvalue weighted by Gasteiger charge is -2.18. The molecule has 0 N–H and O–H groups in total. The van der Waals surface area contributed by atoms with Gasteiger partial charge in [-0.1, -0.05) is 259 Å². The number of halogens is 1. The van der Waals surface area contributed by atoms with Crippen LogP contribution in [-0.2, 0) is 0 Å². The van der Waals surface area contributed by atoms with Gasteiger partial charge in [-0.15, -0.1) is 4.98 Å². The summed E-state index contributed by atoms with van der Waals surface area (Å²) in [6.07, 6.45) is 54.0. The van der Waals surface area contributed by atoms with E-state index in [1.807, 2.05) is 0 Å². The molecule has 1 aromatic rings. The summed E-state index contributed by atoms with van der Waals surface area (Å²) in [5.41, 5.74) is 0. The van der Waals surface area contributed by atoms with Crippen LogP contribution in [-0.4, -0.2) is 28.2 Å². The Labute approximate surface area is 361 Å². The molecule has 0 radical (unpaired) electrons. The van der Waals surface area contributed by atoms with Crippen LogP contribution in [0.4, 0.5) is 0 Å². The third-order valence-corrected chi connectivity index (χ3v) is 12.5. The minimum atomic E-state index is 0.165. The zero-order valence-corrected chi connectivity index (χ0v) is 39.6. The lowest BCUT2D eigenvalue weighted by Crippen LogP contribution is -2.16. The fraction of sp³-hybridized carbons (Fsp3) is 0.941. The van der Waals surface area contributed by atoms with E-state index in [-0.39, 0.29) is 5.28 Å². The van der Waals surface area contributed by atoms with Crippen molar-refractivity contribution < 1.29 is 9.47 Å². The molecule has 0 spiro atoms. The van der Waals surface area contributed by atoms with Crippen LogP contribution in [0.3, 0.4) is 0 Å². The molecule has 1 heterocycles. The molecule has 0 aromatic carbocycles. The number of hydrogen-bond acceptors (Lipinski definition) is 5. The number of ether oxygens (including phenoxy) is 2. The third kappa shape index (κ3) is 36.5. The Balaban J connectivity index is 2.64. The monoisotopic (exact) mass is 820 g/mol. The van der Waals surface area contributed by atoms with Gasteiger partial charge in [0.2, 0.25) is 5.28 Å². The van der Waals surface area contributed by atoms with Crippen LogP contribution in [0, 0.1) is 11.8 Å². The molecule has 0 fully saturated rings. The van der Waals surface area contributed by atoms with Gasteiger partial charge in [0, 0.05) is 0 Å². The van der Waals surface area contributed by atoms with Crippen LogP contribution in [0.15, 0.2) is 0 Å². The van der Waals surface area contributed by atoms with Crippen molar-refractivity contribution in [3.05, 3.63) is 5.28 Å². The zero-order valence-electron chi connectivity index (χ0n) is 38.9. The first-order valence-electron chi connectivity index (χ1n) is 25.8. The van der Waals surface area contributed by atoms with Gasteiger partial charge in [-0.3, -0.25) is 0 Å². The highest BCUT2D eigenvalue weighted by atomic mass is 35.5. The van der Waals surface area contributed by atoms with Gasteiger partial charge in [0.05, 0.1) is 13.2 Å². The maximum Gasteiger partial charge on any atom is 0.323 e. The highest BCUT2D eigenvalue weighted by Crippen LogP contribution is 2.24. The quantitative estimate of drug-likeness (QED) is 0.0613. The molecule has 0 saturated heterocycles. The molecule has 0 bridgehead atoms. The molecule has 57 heavy (non-hydrogen) atoms. The second-order valence-electron chi connectivity index (χ2n) is 18.0. The van der Waals surface area contributed by atoms with Crippen molar-refractivity contribution >= 4 is 11.6 Å². The molecule has 5 nitrogen and oxygen atoms in total. The molecule has 6 heteroatoms. The second-order valence-corrected chi connectivity index (χ2v) is 18.3. The maximum atomic E-state index is 6.44. The van der Waals surface area contributed by atoms with Gasteiger partial charge in [0.1, 0.15) is 0 Å². The van der Waals surface area contributed by atoms with Gasteiger partial charge in [-0.2, -0.15) is 9.97 Å². The van der Waals surface area contributed by atoms with Crippen LogP contribution < -0.4 is 9.47 Å². The Bertz CT molecular complexity index is 879. The lowest BCUT2D eigenvalue weighted by molar-refractivity contribution is 0.190. The fourth-order valence-electron chi connectivity index (χ4n) is 8.43. The summed E-state index contributed by atoms with van der Waals surface area (Å²) in [5, 5.41) is 0.165. The fourth-order valence-corrected chi connectivity index (χ4v) is 8.57. The molecule has 1 rings (SSSR count). The number of hydrogen-bond donors (Lipinski definition) is 0. The van der Waals surface area contributed by atoms with Crippen LogP contribution in [0.2, 0.25) is 5.28 Å². The zero-order chi connectivity index (χ0) is 41.1. The molecule has 0 aliphatic carbocycles. The molecule has 0 aliphatic rings. The van der Waals surface area contributed by atoms with Crippen molar-refractivity contribution in [3.63, 3.8) is 0 Å². The van der Waals surface area contributed by atoms with Crippen molar-refractivity contribution in [1.82, 2.24) is 15.0 Å². The van der Waals surface area contributed by atoms with E-state index in [0.717, 1.165) is 0 Å².